The Hall–Kier alpha value is -0.880. The Kier molecular flexibility index (Phi) is 10.3. The van der Waals surface area contributed by atoms with Crippen LogP contribution in [0.15, 0.2) is 24.3 Å². The van der Waals surface area contributed by atoms with Gasteiger partial charge in [0.25, 0.3) is 0 Å². The fourth-order valence-corrected chi connectivity index (χ4v) is 2.96. The van der Waals surface area contributed by atoms with E-state index < -0.39 is 0 Å². The van der Waals surface area contributed by atoms with E-state index in [9.17, 15) is 4.79 Å². The van der Waals surface area contributed by atoms with Crippen molar-refractivity contribution in [3.8, 4) is 0 Å². The molecule has 22 heavy (non-hydrogen) atoms. The third kappa shape index (κ3) is 6.92. The van der Waals surface area contributed by atoms with Gasteiger partial charge in [0.2, 0.25) is 5.91 Å². The number of nitrogens with zero attached hydrogens (tertiary/aromatic N) is 1. The molecule has 0 radical (unpaired) electrons. The minimum Gasteiger partial charge on any atom is -0.356 e. The molecule has 1 unspecified atom stereocenters. The van der Waals surface area contributed by atoms with Crippen LogP contribution >= 0.6 is 36.2 Å². The van der Waals surface area contributed by atoms with E-state index in [0.717, 1.165) is 29.8 Å². The number of para-hydroxylation sites is 1. The molecule has 0 saturated heterocycles. The fraction of sp³-hybridized carbons (Fsp3) is 0.467. The minimum absolute atomic E-state index is 0. The maximum atomic E-state index is 11.6. The molecule has 0 saturated carbocycles. The van der Waals surface area contributed by atoms with Gasteiger partial charge in [0.1, 0.15) is 0 Å². The van der Waals surface area contributed by atoms with Crippen LogP contribution in [0.3, 0.4) is 0 Å². The summed E-state index contributed by atoms with van der Waals surface area (Å²) in [6, 6.07) is 8.26. The highest BCUT2D eigenvalue weighted by Gasteiger charge is 2.05. The number of fused-ring (bicyclic) bond motifs is 1. The quantitative estimate of drug-likeness (QED) is 0.792. The van der Waals surface area contributed by atoms with Gasteiger partial charge in [0.05, 0.1) is 15.2 Å². The van der Waals surface area contributed by atoms with Crippen LogP contribution < -0.4 is 11.1 Å². The summed E-state index contributed by atoms with van der Waals surface area (Å²) in [4.78, 5) is 16.2. The standard InChI is InChI=1S/C15H21N3OS.2ClH/c1-11(16)9-10-17-14(19)7-4-8-15-18-12-5-2-3-6-13(12)20-15;;/h2-3,5-6,11H,4,7-10,16H2,1H3,(H,17,19);2*1H. The Bertz CT molecular complexity index is 542. The van der Waals surface area contributed by atoms with Gasteiger partial charge in [-0.3, -0.25) is 4.79 Å². The van der Waals surface area contributed by atoms with E-state index in [-0.39, 0.29) is 36.8 Å². The van der Waals surface area contributed by atoms with Gasteiger partial charge in [0.15, 0.2) is 0 Å². The van der Waals surface area contributed by atoms with Crippen molar-refractivity contribution in [2.45, 2.75) is 38.6 Å². The molecule has 1 aromatic carbocycles. The molecule has 4 nitrogen and oxygen atoms in total. The van der Waals surface area contributed by atoms with Crippen LogP contribution in [-0.2, 0) is 11.2 Å². The fourth-order valence-electron chi connectivity index (χ4n) is 1.95. The minimum atomic E-state index is 0. The summed E-state index contributed by atoms with van der Waals surface area (Å²) >= 11 is 1.71. The average molecular weight is 364 g/mol. The lowest BCUT2D eigenvalue weighted by Crippen LogP contribution is -2.28. The zero-order chi connectivity index (χ0) is 14.4. The Balaban J connectivity index is 0.00000220. The maximum absolute atomic E-state index is 11.6. The molecular weight excluding hydrogens is 341 g/mol. The van der Waals surface area contributed by atoms with Crippen molar-refractivity contribution in [2.75, 3.05) is 6.54 Å². The molecule has 0 aliphatic carbocycles. The third-order valence-corrected chi connectivity index (χ3v) is 4.15. The first-order valence-electron chi connectivity index (χ1n) is 7.02. The van der Waals surface area contributed by atoms with Crippen LogP contribution in [0.5, 0.6) is 0 Å². The summed E-state index contributed by atoms with van der Waals surface area (Å²) in [5.41, 5.74) is 6.68. The molecule has 0 fully saturated rings. The van der Waals surface area contributed by atoms with Crippen LogP contribution in [0.25, 0.3) is 10.2 Å². The number of hydrogen-bond donors (Lipinski definition) is 2. The number of thiazole rings is 1. The molecule has 2 aromatic rings. The maximum Gasteiger partial charge on any atom is 0.220 e. The first-order chi connectivity index (χ1) is 9.65. The van der Waals surface area contributed by atoms with Crippen LogP contribution in [0.2, 0.25) is 0 Å². The molecule has 1 atom stereocenters. The number of benzene rings is 1. The van der Waals surface area contributed by atoms with E-state index in [2.05, 4.69) is 16.4 Å². The molecule has 7 heteroatoms. The predicted molar refractivity (Wildman–Crippen MR) is 98.3 cm³/mol. The number of aryl methyl sites for hydroxylation is 1. The van der Waals surface area contributed by atoms with Gasteiger partial charge >= 0.3 is 0 Å². The van der Waals surface area contributed by atoms with Gasteiger partial charge < -0.3 is 11.1 Å². The van der Waals surface area contributed by atoms with Crippen LogP contribution in [0.4, 0.5) is 0 Å². The average Bonchev–Trinajstić information content (AvgIpc) is 2.80. The Morgan fingerprint density at radius 1 is 1.36 bits per heavy atom. The highest BCUT2D eigenvalue weighted by atomic mass is 35.5. The second-order valence-electron chi connectivity index (χ2n) is 5.04. The summed E-state index contributed by atoms with van der Waals surface area (Å²) in [6.07, 6.45) is 3.07. The smallest absolute Gasteiger partial charge is 0.220 e. The van der Waals surface area contributed by atoms with Crippen LogP contribution in [0.1, 0.15) is 31.2 Å². The molecule has 0 spiro atoms. The molecule has 0 bridgehead atoms. The molecule has 2 rings (SSSR count). The van der Waals surface area contributed by atoms with Crippen LogP contribution in [0, 0.1) is 0 Å². The first kappa shape index (κ1) is 21.1. The largest absolute Gasteiger partial charge is 0.356 e. The highest BCUT2D eigenvalue weighted by molar-refractivity contribution is 7.18. The van der Waals surface area contributed by atoms with Crippen LogP contribution in [-0.4, -0.2) is 23.5 Å². The van der Waals surface area contributed by atoms with Gasteiger partial charge in [-0.15, -0.1) is 36.2 Å². The first-order valence-corrected chi connectivity index (χ1v) is 7.83. The van der Waals surface area contributed by atoms with E-state index >= 15 is 0 Å². The number of carbonyl (C=O) groups excluding carboxylic acids is 1. The summed E-state index contributed by atoms with van der Waals surface area (Å²) in [6.45, 7) is 2.61. The highest BCUT2D eigenvalue weighted by Crippen LogP contribution is 2.22. The van der Waals surface area contributed by atoms with E-state index in [1.54, 1.807) is 11.3 Å². The molecule has 3 N–H and O–H groups in total. The number of aromatic nitrogens is 1. The van der Waals surface area contributed by atoms with Crippen molar-refractivity contribution in [3.63, 3.8) is 0 Å². The number of amides is 1. The SMILES string of the molecule is CC(N)CCNC(=O)CCCc1nc2ccccc2s1.Cl.Cl. The zero-order valence-electron chi connectivity index (χ0n) is 12.6. The summed E-state index contributed by atoms with van der Waals surface area (Å²) in [5, 5.41) is 4.00. The van der Waals surface area contributed by atoms with E-state index in [0.29, 0.717) is 13.0 Å². The topological polar surface area (TPSA) is 68.0 Å². The molecule has 1 amide bonds. The van der Waals surface area contributed by atoms with Gasteiger partial charge in [0, 0.05) is 19.0 Å². The van der Waals surface area contributed by atoms with Crippen molar-refractivity contribution in [3.05, 3.63) is 29.3 Å². The summed E-state index contributed by atoms with van der Waals surface area (Å²) < 4.78 is 1.21. The number of halogens is 2. The Morgan fingerprint density at radius 3 is 2.77 bits per heavy atom. The molecule has 0 aliphatic heterocycles. The van der Waals surface area contributed by atoms with Crippen molar-refractivity contribution in [2.24, 2.45) is 5.73 Å². The number of nitrogens with two attached hydrogens (primary N) is 1. The molecule has 1 aromatic heterocycles. The third-order valence-electron chi connectivity index (χ3n) is 3.05. The van der Waals surface area contributed by atoms with Crippen molar-refractivity contribution >= 4 is 52.3 Å². The van der Waals surface area contributed by atoms with E-state index in [1.165, 1.54) is 4.70 Å². The number of hydrogen-bond acceptors (Lipinski definition) is 4. The number of rotatable bonds is 7. The summed E-state index contributed by atoms with van der Waals surface area (Å²) in [5.74, 6) is 0.103. The second-order valence-corrected chi connectivity index (χ2v) is 6.16. The second kappa shape index (κ2) is 10.8. The lowest BCUT2D eigenvalue weighted by molar-refractivity contribution is -0.121. The summed E-state index contributed by atoms with van der Waals surface area (Å²) in [7, 11) is 0. The monoisotopic (exact) mass is 363 g/mol. The van der Waals surface area contributed by atoms with Crippen molar-refractivity contribution < 1.29 is 4.79 Å². The predicted octanol–water partition coefficient (Wildman–Crippen LogP) is 3.32. The molecular formula is C15H23Cl2N3OS. The molecule has 0 aliphatic rings. The van der Waals surface area contributed by atoms with Crippen molar-refractivity contribution in [1.82, 2.24) is 10.3 Å². The lowest BCUT2D eigenvalue weighted by atomic mass is 10.2. The molecule has 1 heterocycles. The van der Waals surface area contributed by atoms with Crippen molar-refractivity contribution in [1.29, 1.82) is 0 Å². The number of carbonyl (C=O) groups is 1. The molecule has 124 valence electrons. The lowest BCUT2D eigenvalue weighted by Gasteiger charge is -2.06. The zero-order valence-corrected chi connectivity index (χ0v) is 15.0. The Labute approximate surface area is 147 Å². The normalized spacial score (nSPS) is 11.4. The number of nitrogens with one attached hydrogen (secondary N) is 1. The Morgan fingerprint density at radius 2 is 2.09 bits per heavy atom. The van der Waals surface area contributed by atoms with Gasteiger partial charge in [-0.05, 0) is 38.3 Å². The van der Waals surface area contributed by atoms with E-state index in [1.807, 2.05) is 25.1 Å². The van der Waals surface area contributed by atoms with Gasteiger partial charge in [-0.1, -0.05) is 12.1 Å². The van der Waals surface area contributed by atoms with Gasteiger partial charge in [-0.2, -0.15) is 0 Å². The van der Waals surface area contributed by atoms with E-state index in [4.69, 9.17) is 5.73 Å². The van der Waals surface area contributed by atoms with Gasteiger partial charge in [-0.25, -0.2) is 4.98 Å².